The minimum atomic E-state index is -1.57. The maximum Gasteiger partial charge on any atom is 0.303 e. The number of carbonyl (C=O) groups excluding carboxylic acids is 2. The highest BCUT2D eigenvalue weighted by atomic mass is 16.7. The van der Waals surface area contributed by atoms with Crippen LogP contribution in [0.2, 0.25) is 0 Å². The van der Waals surface area contributed by atoms with E-state index in [0.717, 1.165) is 22.3 Å². The van der Waals surface area contributed by atoms with Gasteiger partial charge in [-0.2, -0.15) is 0 Å². The smallest absolute Gasteiger partial charge is 0.303 e. The van der Waals surface area contributed by atoms with Gasteiger partial charge in [0.25, 0.3) is 0 Å². The highest BCUT2D eigenvalue weighted by Gasteiger charge is 2.51. The Morgan fingerprint density at radius 2 is 1.09 bits per heavy atom. The lowest BCUT2D eigenvalue weighted by Gasteiger charge is -2.44. The Balaban J connectivity index is 1.54. The summed E-state index contributed by atoms with van der Waals surface area (Å²) in [5.41, 5.74) is 2.36. The molecule has 228 valence electrons. The third-order valence-corrected chi connectivity index (χ3v) is 7.50. The SMILES string of the molecule is CC(=O)O[C@H]1[C@H](OCc2ccccc2)[C@@H](OC(C)=O)C(O)O[C@@H]1COC(c1ccccc1)(c1ccccc1)c1ccccc1. The van der Waals surface area contributed by atoms with Gasteiger partial charge < -0.3 is 28.8 Å². The van der Waals surface area contributed by atoms with Crippen molar-refractivity contribution in [2.45, 2.75) is 56.8 Å². The van der Waals surface area contributed by atoms with E-state index in [1.807, 2.05) is 121 Å². The molecule has 0 aliphatic carbocycles. The molecule has 0 amide bonds. The number of rotatable bonds is 11. The average molecular weight is 597 g/mol. The van der Waals surface area contributed by atoms with Gasteiger partial charge in [-0.1, -0.05) is 121 Å². The maximum absolute atomic E-state index is 12.4. The normalized spacial score (nSPS) is 21.8. The molecule has 5 atom stereocenters. The Hall–Kier alpha value is -4.34. The van der Waals surface area contributed by atoms with E-state index >= 15 is 0 Å². The minimum Gasteiger partial charge on any atom is -0.457 e. The molecule has 1 aliphatic heterocycles. The lowest BCUT2D eigenvalue weighted by molar-refractivity contribution is -0.305. The predicted octanol–water partition coefficient (Wildman–Crippen LogP) is 5.16. The first-order valence-electron chi connectivity index (χ1n) is 14.5. The van der Waals surface area contributed by atoms with E-state index in [1.165, 1.54) is 13.8 Å². The molecule has 1 N–H and O–H groups in total. The zero-order valence-corrected chi connectivity index (χ0v) is 24.7. The van der Waals surface area contributed by atoms with Gasteiger partial charge in [0, 0.05) is 13.8 Å². The molecule has 0 spiro atoms. The highest BCUT2D eigenvalue weighted by molar-refractivity contribution is 5.67. The molecule has 1 unspecified atom stereocenters. The second-order valence-corrected chi connectivity index (χ2v) is 10.6. The van der Waals surface area contributed by atoms with E-state index in [1.54, 1.807) is 0 Å². The summed E-state index contributed by atoms with van der Waals surface area (Å²) in [5.74, 6) is -1.23. The molecule has 1 saturated heterocycles. The number of carbonyl (C=O) groups is 2. The van der Waals surface area contributed by atoms with Gasteiger partial charge in [-0.25, -0.2) is 0 Å². The molecular weight excluding hydrogens is 560 g/mol. The number of ether oxygens (including phenoxy) is 5. The van der Waals surface area contributed by atoms with Crippen molar-refractivity contribution in [1.82, 2.24) is 0 Å². The fraction of sp³-hybridized carbons (Fsp3) is 0.278. The molecule has 8 heteroatoms. The van der Waals surface area contributed by atoms with Crippen LogP contribution in [0.1, 0.15) is 36.1 Å². The molecule has 1 fully saturated rings. The summed E-state index contributed by atoms with van der Waals surface area (Å²) >= 11 is 0. The van der Waals surface area contributed by atoms with Gasteiger partial charge in [0.15, 0.2) is 18.5 Å². The van der Waals surface area contributed by atoms with Crippen molar-refractivity contribution in [3.63, 3.8) is 0 Å². The number of hydrogen-bond acceptors (Lipinski definition) is 8. The largest absolute Gasteiger partial charge is 0.457 e. The Bertz CT molecular complexity index is 1380. The van der Waals surface area contributed by atoms with Crippen molar-refractivity contribution in [2.75, 3.05) is 6.61 Å². The molecule has 4 aromatic rings. The first-order chi connectivity index (χ1) is 21.4. The van der Waals surface area contributed by atoms with Crippen LogP contribution in [0, 0.1) is 0 Å². The van der Waals surface area contributed by atoms with E-state index in [4.69, 9.17) is 23.7 Å². The highest BCUT2D eigenvalue weighted by Crippen LogP contribution is 2.41. The van der Waals surface area contributed by atoms with Gasteiger partial charge in [-0.15, -0.1) is 0 Å². The van der Waals surface area contributed by atoms with Gasteiger partial charge in [0.05, 0.1) is 13.2 Å². The van der Waals surface area contributed by atoms with Crippen LogP contribution in [0.3, 0.4) is 0 Å². The van der Waals surface area contributed by atoms with E-state index in [2.05, 4.69) is 0 Å². The van der Waals surface area contributed by atoms with Crippen molar-refractivity contribution in [3.8, 4) is 0 Å². The van der Waals surface area contributed by atoms with E-state index in [-0.39, 0.29) is 13.2 Å². The summed E-state index contributed by atoms with van der Waals surface area (Å²) in [4.78, 5) is 24.4. The van der Waals surface area contributed by atoms with Crippen molar-refractivity contribution < 1.29 is 38.4 Å². The van der Waals surface area contributed by atoms with Gasteiger partial charge in [-0.05, 0) is 22.3 Å². The molecule has 1 aliphatic rings. The molecule has 0 saturated carbocycles. The fourth-order valence-corrected chi connectivity index (χ4v) is 5.61. The van der Waals surface area contributed by atoms with Crippen molar-refractivity contribution in [3.05, 3.63) is 144 Å². The zero-order chi connectivity index (χ0) is 30.9. The van der Waals surface area contributed by atoms with Gasteiger partial charge >= 0.3 is 11.9 Å². The second-order valence-electron chi connectivity index (χ2n) is 10.6. The van der Waals surface area contributed by atoms with Crippen molar-refractivity contribution in [2.24, 2.45) is 0 Å². The number of benzene rings is 4. The van der Waals surface area contributed by atoms with Crippen LogP contribution in [-0.2, 0) is 45.5 Å². The Labute approximate surface area is 257 Å². The third kappa shape index (κ3) is 7.06. The molecule has 4 aromatic carbocycles. The molecule has 8 nitrogen and oxygen atoms in total. The van der Waals surface area contributed by atoms with Crippen LogP contribution in [0.15, 0.2) is 121 Å². The predicted molar refractivity (Wildman–Crippen MR) is 162 cm³/mol. The maximum atomic E-state index is 12.4. The third-order valence-electron chi connectivity index (χ3n) is 7.50. The van der Waals surface area contributed by atoms with E-state index in [0.29, 0.717) is 0 Å². The summed E-state index contributed by atoms with van der Waals surface area (Å²) in [6.07, 6.45) is -5.94. The lowest BCUT2D eigenvalue weighted by atomic mass is 9.80. The summed E-state index contributed by atoms with van der Waals surface area (Å²) in [6.45, 7) is 2.50. The molecule has 44 heavy (non-hydrogen) atoms. The van der Waals surface area contributed by atoms with Crippen molar-refractivity contribution in [1.29, 1.82) is 0 Å². The second kappa shape index (κ2) is 14.4. The van der Waals surface area contributed by atoms with Crippen LogP contribution in [0.25, 0.3) is 0 Å². The monoisotopic (exact) mass is 596 g/mol. The van der Waals surface area contributed by atoms with Crippen LogP contribution in [0.5, 0.6) is 0 Å². The summed E-state index contributed by atoms with van der Waals surface area (Å²) < 4.78 is 30.4. The molecule has 0 aromatic heterocycles. The molecule has 0 bridgehead atoms. The molecular formula is C36H36O8. The molecule has 0 radical (unpaired) electrons. The quantitative estimate of drug-likeness (QED) is 0.187. The topological polar surface area (TPSA) is 101 Å². The van der Waals surface area contributed by atoms with E-state index < -0.39 is 48.2 Å². The first-order valence-corrected chi connectivity index (χ1v) is 14.5. The van der Waals surface area contributed by atoms with Crippen LogP contribution < -0.4 is 0 Å². The Morgan fingerprint density at radius 1 is 0.659 bits per heavy atom. The number of hydrogen-bond donors (Lipinski definition) is 1. The summed E-state index contributed by atoms with van der Waals surface area (Å²) in [5, 5.41) is 11.1. The number of esters is 2. The zero-order valence-electron chi connectivity index (χ0n) is 24.7. The van der Waals surface area contributed by atoms with Crippen LogP contribution in [0.4, 0.5) is 0 Å². The Kier molecular flexibility index (Phi) is 10.2. The van der Waals surface area contributed by atoms with Gasteiger partial charge in [0.1, 0.15) is 17.8 Å². The minimum absolute atomic E-state index is 0.114. The first kappa shape index (κ1) is 31.1. The standard InChI is InChI=1S/C36H36O8/c1-25(37)42-32-31(44-35(39)34(43-26(2)38)33(32)40-23-27-15-7-3-8-16-27)24-41-36(28-17-9-4-10-18-28,29-19-11-5-12-20-29)30-21-13-6-14-22-30/h3-22,31-35,39H,23-24H2,1-2H3/t31-,32-,33+,34-,35?/m1/s1. The van der Waals surface area contributed by atoms with Crippen LogP contribution in [-0.4, -0.2) is 54.4 Å². The number of aliphatic hydroxyl groups excluding tert-OH is 1. The summed E-state index contributed by atoms with van der Waals surface area (Å²) in [6, 6.07) is 38.8. The Morgan fingerprint density at radius 3 is 1.55 bits per heavy atom. The van der Waals surface area contributed by atoms with Crippen LogP contribution >= 0.6 is 0 Å². The van der Waals surface area contributed by atoms with Crippen molar-refractivity contribution >= 4 is 11.9 Å². The van der Waals surface area contributed by atoms with Gasteiger partial charge in [0.2, 0.25) is 0 Å². The molecule has 1 heterocycles. The lowest BCUT2D eigenvalue weighted by Crippen LogP contribution is -2.62. The summed E-state index contributed by atoms with van der Waals surface area (Å²) in [7, 11) is 0. The number of aliphatic hydroxyl groups is 1. The van der Waals surface area contributed by atoms with E-state index in [9.17, 15) is 14.7 Å². The fourth-order valence-electron chi connectivity index (χ4n) is 5.61. The van der Waals surface area contributed by atoms with Gasteiger partial charge in [-0.3, -0.25) is 9.59 Å². The molecule has 5 rings (SSSR count). The average Bonchev–Trinajstić information content (AvgIpc) is 3.04.